The van der Waals surface area contributed by atoms with Gasteiger partial charge in [-0.25, -0.2) is 4.79 Å². The fourth-order valence-corrected chi connectivity index (χ4v) is 3.72. The fourth-order valence-electron chi connectivity index (χ4n) is 3.72. The lowest BCUT2D eigenvalue weighted by Crippen LogP contribution is -2.38. The summed E-state index contributed by atoms with van der Waals surface area (Å²) in [5.41, 5.74) is 1.60. The number of hydrogen-bond acceptors (Lipinski definition) is 2. The van der Waals surface area contributed by atoms with Crippen LogP contribution in [0.15, 0.2) is 47.6 Å². The summed E-state index contributed by atoms with van der Waals surface area (Å²) in [4.78, 5) is 24.2. The predicted molar refractivity (Wildman–Crippen MR) is 90.8 cm³/mol. The molecule has 1 aromatic carbocycles. The second kappa shape index (κ2) is 5.93. The molecule has 1 aromatic rings. The first-order valence-corrected chi connectivity index (χ1v) is 8.38. The van der Waals surface area contributed by atoms with Gasteiger partial charge in [-0.3, -0.25) is 4.79 Å². The molecule has 4 heteroatoms. The van der Waals surface area contributed by atoms with E-state index in [-0.39, 0.29) is 11.5 Å². The van der Waals surface area contributed by atoms with Crippen LogP contribution in [0.5, 0.6) is 0 Å². The number of aliphatic carboxylic acids is 2. The molecule has 3 rings (SSSR count). The van der Waals surface area contributed by atoms with E-state index in [1.54, 1.807) is 19.1 Å². The molecule has 1 fully saturated rings. The molecule has 1 saturated carbocycles. The van der Waals surface area contributed by atoms with Crippen LogP contribution < -0.4 is 0 Å². The van der Waals surface area contributed by atoms with Crippen LogP contribution in [0.3, 0.4) is 0 Å². The lowest BCUT2D eigenvalue weighted by Gasteiger charge is -2.37. The summed E-state index contributed by atoms with van der Waals surface area (Å²) in [5.74, 6) is -2.43. The Morgan fingerprint density at radius 1 is 1.21 bits per heavy atom. The van der Waals surface area contributed by atoms with Gasteiger partial charge in [0.15, 0.2) is 0 Å². The van der Waals surface area contributed by atoms with Gasteiger partial charge >= 0.3 is 11.9 Å². The number of aryl methyl sites for hydroxylation is 1. The van der Waals surface area contributed by atoms with E-state index in [9.17, 15) is 19.8 Å². The van der Waals surface area contributed by atoms with Crippen molar-refractivity contribution in [3.63, 3.8) is 0 Å². The molecule has 2 atom stereocenters. The fraction of sp³-hybridized carbons (Fsp3) is 0.400. The molecule has 2 unspecified atom stereocenters. The van der Waals surface area contributed by atoms with Crippen molar-refractivity contribution in [1.82, 2.24) is 0 Å². The summed E-state index contributed by atoms with van der Waals surface area (Å²) in [6, 6.07) is 7.58. The molecule has 0 saturated heterocycles. The quantitative estimate of drug-likeness (QED) is 0.863. The van der Waals surface area contributed by atoms with Crippen molar-refractivity contribution in [1.29, 1.82) is 0 Å². The topological polar surface area (TPSA) is 74.6 Å². The first kappa shape index (κ1) is 16.5. The molecule has 0 bridgehead atoms. The largest absolute Gasteiger partial charge is 0.481 e. The van der Waals surface area contributed by atoms with E-state index in [1.807, 2.05) is 31.2 Å². The van der Waals surface area contributed by atoms with Crippen LogP contribution in [-0.2, 0) is 16.0 Å². The zero-order valence-electron chi connectivity index (χ0n) is 14.0. The van der Waals surface area contributed by atoms with Gasteiger partial charge in [-0.15, -0.1) is 0 Å². The molecule has 0 heterocycles. The second-order valence-electron chi connectivity index (χ2n) is 6.86. The van der Waals surface area contributed by atoms with Crippen molar-refractivity contribution in [3.8, 4) is 0 Å². The number of carboxylic acid groups (broad SMARTS) is 2. The van der Waals surface area contributed by atoms with Gasteiger partial charge in [0.25, 0.3) is 0 Å². The normalized spacial score (nSPS) is 26.5. The van der Waals surface area contributed by atoms with Crippen molar-refractivity contribution >= 4 is 11.9 Å². The van der Waals surface area contributed by atoms with Crippen LogP contribution in [0.2, 0.25) is 0 Å². The Morgan fingerprint density at radius 3 is 2.42 bits per heavy atom. The Morgan fingerprint density at radius 2 is 1.88 bits per heavy atom. The Hall–Kier alpha value is -2.36. The lowest BCUT2D eigenvalue weighted by molar-refractivity contribution is -0.146. The highest BCUT2D eigenvalue weighted by Gasteiger charge is 2.49. The molecular formula is C20H22O4. The zero-order valence-corrected chi connectivity index (χ0v) is 14.0. The molecular weight excluding hydrogens is 304 g/mol. The summed E-state index contributed by atoms with van der Waals surface area (Å²) in [6.07, 6.45) is 6.11. The second-order valence-corrected chi connectivity index (χ2v) is 6.86. The highest BCUT2D eigenvalue weighted by molar-refractivity contribution is 5.94. The third-order valence-corrected chi connectivity index (χ3v) is 5.26. The first-order chi connectivity index (χ1) is 11.4. The van der Waals surface area contributed by atoms with Crippen molar-refractivity contribution in [2.45, 2.75) is 39.0 Å². The summed E-state index contributed by atoms with van der Waals surface area (Å²) < 4.78 is 0. The molecule has 0 aromatic heterocycles. The zero-order chi connectivity index (χ0) is 17.5. The van der Waals surface area contributed by atoms with Gasteiger partial charge in [0.2, 0.25) is 0 Å². The Bertz CT molecular complexity index is 755. The molecule has 2 aliphatic rings. The minimum atomic E-state index is -1.27. The number of rotatable bonds is 5. The van der Waals surface area contributed by atoms with E-state index >= 15 is 0 Å². The van der Waals surface area contributed by atoms with E-state index in [4.69, 9.17) is 0 Å². The Kier molecular flexibility index (Phi) is 4.08. The van der Waals surface area contributed by atoms with E-state index in [0.717, 1.165) is 36.0 Å². The monoisotopic (exact) mass is 326 g/mol. The molecule has 0 radical (unpaired) electrons. The number of hydrogen-bond donors (Lipinski definition) is 2. The summed E-state index contributed by atoms with van der Waals surface area (Å²) in [5, 5.41) is 19.8. The predicted octanol–water partition coefficient (Wildman–Crippen LogP) is 3.78. The van der Waals surface area contributed by atoms with Gasteiger partial charge in [0.05, 0.1) is 5.41 Å². The number of carboxylic acids is 2. The van der Waals surface area contributed by atoms with Crippen molar-refractivity contribution in [3.05, 3.63) is 58.7 Å². The van der Waals surface area contributed by atoms with Crippen molar-refractivity contribution in [2.75, 3.05) is 0 Å². The molecule has 24 heavy (non-hydrogen) atoms. The highest BCUT2D eigenvalue weighted by atomic mass is 16.4. The smallest absolute Gasteiger partial charge is 0.332 e. The van der Waals surface area contributed by atoms with Gasteiger partial charge in [-0.05, 0) is 48.8 Å². The maximum atomic E-state index is 12.1. The first-order valence-electron chi connectivity index (χ1n) is 8.38. The van der Waals surface area contributed by atoms with E-state index in [2.05, 4.69) is 0 Å². The van der Waals surface area contributed by atoms with Crippen LogP contribution in [0.25, 0.3) is 0 Å². The number of carbonyl (C=O) groups is 2. The minimum Gasteiger partial charge on any atom is -0.481 e. The number of benzene rings is 1. The summed E-state index contributed by atoms with van der Waals surface area (Å²) in [6.45, 7) is 3.62. The van der Waals surface area contributed by atoms with E-state index in [0.29, 0.717) is 0 Å². The van der Waals surface area contributed by atoms with Crippen LogP contribution in [0, 0.1) is 11.3 Å². The molecule has 4 nitrogen and oxygen atoms in total. The highest BCUT2D eigenvalue weighted by Crippen LogP contribution is 2.52. The standard InChI is InChI=1S/C20H22O4/c1-3-12-6-4-5-7-15(12)17-16(18(21)22)14(13-8-9-13)10-11-20(17,2)19(23)24/h4-7,10-11,13,17H,3,8-9H2,1-2H3,(H,21,22)(H,23,24). The number of allylic oxidation sites excluding steroid dienone is 2. The molecule has 0 spiro atoms. The van der Waals surface area contributed by atoms with E-state index < -0.39 is 23.3 Å². The summed E-state index contributed by atoms with van der Waals surface area (Å²) in [7, 11) is 0. The van der Waals surface area contributed by atoms with Crippen molar-refractivity contribution < 1.29 is 19.8 Å². The summed E-state index contributed by atoms with van der Waals surface area (Å²) >= 11 is 0. The average molecular weight is 326 g/mol. The molecule has 2 aliphatic carbocycles. The molecule has 2 N–H and O–H groups in total. The maximum absolute atomic E-state index is 12.1. The van der Waals surface area contributed by atoms with Crippen LogP contribution in [0.4, 0.5) is 0 Å². The van der Waals surface area contributed by atoms with Crippen molar-refractivity contribution in [2.24, 2.45) is 11.3 Å². The van der Waals surface area contributed by atoms with E-state index in [1.165, 1.54) is 0 Å². The van der Waals surface area contributed by atoms with Gasteiger partial charge in [0, 0.05) is 11.5 Å². The van der Waals surface area contributed by atoms with Gasteiger partial charge in [0.1, 0.15) is 0 Å². The Balaban J connectivity index is 2.27. The van der Waals surface area contributed by atoms with Gasteiger partial charge in [-0.2, -0.15) is 0 Å². The molecule has 0 aliphatic heterocycles. The average Bonchev–Trinajstić information content (AvgIpc) is 3.39. The molecule has 0 amide bonds. The third kappa shape index (κ3) is 2.56. The molecule has 126 valence electrons. The minimum absolute atomic E-state index is 0.252. The SMILES string of the molecule is CCc1ccccc1C1C(C(=O)O)=C(C2CC2)C=CC1(C)C(=O)O. The van der Waals surface area contributed by atoms with Crippen LogP contribution in [0.1, 0.15) is 43.7 Å². The van der Waals surface area contributed by atoms with Gasteiger partial charge in [-0.1, -0.05) is 43.3 Å². The Labute approximate surface area is 141 Å². The third-order valence-electron chi connectivity index (χ3n) is 5.26. The van der Waals surface area contributed by atoms with Gasteiger partial charge < -0.3 is 10.2 Å². The lowest BCUT2D eigenvalue weighted by atomic mass is 9.64. The van der Waals surface area contributed by atoms with Crippen LogP contribution >= 0.6 is 0 Å². The van der Waals surface area contributed by atoms with Crippen LogP contribution in [-0.4, -0.2) is 22.2 Å². The maximum Gasteiger partial charge on any atom is 0.332 e.